The zero-order chi connectivity index (χ0) is 12.7. The molecule has 1 rings (SSSR count). The Morgan fingerprint density at radius 1 is 1.41 bits per heavy atom. The van der Waals surface area contributed by atoms with Crippen molar-refractivity contribution in [1.29, 1.82) is 5.26 Å². The van der Waals surface area contributed by atoms with Crippen LogP contribution in [-0.4, -0.2) is 49.3 Å². The minimum atomic E-state index is -0.423. The van der Waals surface area contributed by atoms with E-state index in [0.29, 0.717) is 6.10 Å². The summed E-state index contributed by atoms with van der Waals surface area (Å²) < 4.78 is 5.63. The van der Waals surface area contributed by atoms with Crippen LogP contribution in [-0.2, 0) is 4.74 Å². The molecule has 0 aromatic carbocycles. The molecule has 0 amide bonds. The van der Waals surface area contributed by atoms with Gasteiger partial charge in [0.15, 0.2) is 0 Å². The molecular weight excluding hydrogens is 214 g/mol. The molecule has 17 heavy (non-hydrogen) atoms. The van der Waals surface area contributed by atoms with E-state index in [1.807, 2.05) is 20.8 Å². The molecular formula is C13H25N3O. The van der Waals surface area contributed by atoms with Crippen molar-refractivity contribution in [2.75, 3.05) is 32.8 Å². The van der Waals surface area contributed by atoms with Gasteiger partial charge in [0.2, 0.25) is 0 Å². The van der Waals surface area contributed by atoms with Gasteiger partial charge in [0.1, 0.15) is 5.54 Å². The van der Waals surface area contributed by atoms with Crippen molar-refractivity contribution in [3.8, 4) is 6.07 Å². The van der Waals surface area contributed by atoms with E-state index in [2.05, 4.69) is 16.3 Å². The monoisotopic (exact) mass is 239 g/mol. The predicted octanol–water partition coefficient (Wildman–Crippen LogP) is 1.38. The van der Waals surface area contributed by atoms with E-state index >= 15 is 0 Å². The van der Waals surface area contributed by atoms with Gasteiger partial charge < -0.3 is 9.64 Å². The average Bonchev–Trinajstić information content (AvgIpc) is 2.32. The first-order valence-electron chi connectivity index (χ1n) is 6.63. The molecule has 0 aromatic heterocycles. The largest absolute Gasteiger partial charge is 0.378 e. The Labute approximate surface area is 105 Å². The number of likely N-dealkylation sites (tertiary alicyclic amines) is 1. The number of ether oxygens (including phenoxy) is 1. The second-order valence-corrected chi connectivity index (χ2v) is 4.91. The Hall–Kier alpha value is -0.630. The molecule has 1 heterocycles. The molecule has 1 aliphatic heterocycles. The number of piperidine rings is 1. The molecule has 0 bridgehead atoms. The van der Waals surface area contributed by atoms with Crippen LogP contribution in [0.3, 0.4) is 0 Å². The molecule has 1 saturated heterocycles. The summed E-state index contributed by atoms with van der Waals surface area (Å²) in [6.45, 7) is 10.6. The minimum absolute atomic E-state index is 0.420. The molecule has 0 saturated carbocycles. The maximum absolute atomic E-state index is 9.22. The topological polar surface area (TPSA) is 48.3 Å². The van der Waals surface area contributed by atoms with Gasteiger partial charge in [-0.1, -0.05) is 6.92 Å². The second-order valence-electron chi connectivity index (χ2n) is 4.91. The molecule has 0 aromatic rings. The Balaban J connectivity index is 2.37. The molecule has 1 fully saturated rings. The summed E-state index contributed by atoms with van der Waals surface area (Å²) in [7, 11) is 0. The Morgan fingerprint density at radius 3 is 2.53 bits per heavy atom. The number of hydrogen-bond acceptors (Lipinski definition) is 4. The summed E-state index contributed by atoms with van der Waals surface area (Å²) >= 11 is 0. The first-order valence-corrected chi connectivity index (χ1v) is 6.63. The van der Waals surface area contributed by atoms with Gasteiger partial charge in [0.05, 0.1) is 12.2 Å². The van der Waals surface area contributed by atoms with Gasteiger partial charge in [0, 0.05) is 26.2 Å². The normalized spacial score (nSPS) is 22.0. The van der Waals surface area contributed by atoms with Crippen LogP contribution in [0.5, 0.6) is 0 Å². The van der Waals surface area contributed by atoms with E-state index in [1.165, 1.54) is 0 Å². The average molecular weight is 239 g/mol. The van der Waals surface area contributed by atoms with Crippen LogP contribution in [0.1, 0.15) is 33.6 Å². The van der Waals surface area contributed by atoms with Crippen molar-refractivity contribution in [3.05, 3.63) is 0 Å². The van der Waals surface area contributed by atoms with Gasteiger partial charge in [-0.3, -0.25) is 5.32 Å². The quantitative estimate of drug-likeness (QED) is 0.761. The van der Waals surface area contributed by atoms with Gasteiger partial charge >= 0.3 is 0 Å². The third-order valence-electron chi connectivity index (χ3n) is 3.29. The highest BCUT2D eigenvalue weighted by molar-refractivity contribution is 5.05. The van der Waals surface area contributed by atoms with Crippen LogP contribution in [0.2, 0.25) is 0 Å². The lowest BCUT2D eigenvalue weighted by Gasteiger charge is -2.36. The fourth-order valence-electron chi connectivity index (χ4n) is 2.44. The zero-order valence-electron chi connectivity index (χ0n) is 11.3. The standard InChI is InChI=1S/C13H25N3O/c1-4-15-13(3,10-14)11-16-8-6-12(7-9-16)17-5-2/h12,15H,4-9,11H2,1-3H3. The fraction of sp³-hybridized carbons (Fsp3) is 0.923. The van der Waals surface area contributed by atoms with E-state index in [0.717, 1.165) is 45.6 Å². The molecule has 0 spiro atoms. The molecule has 4 nitrogen and oxygen atoms in total. The third kappa shape index (κ3) is 4.63. The van der Waals surface area contributed by atoms with Crippen LogP contribution in [0.25, 0.3) is 0 Å². The number of nitrogens with zero attached hydrogens (tertiary/aromatic N) is 2. The highest BCUT2D eigenvalue weighted by Gasteiger charge is 2.28. The lowest BCUT2D eigenvalue weighted by Crippen LogP contribution is -2.52. The Bertz CT molecular complexity index is 256. The van der Waals surface area contributed by atoms with E-state index in [1.54, 1.807) is 0 Å². The summed E-state index contributed by atoms with van der Waals surface area (Å²) in [6, 6.07) is 2.38. The number of hydrogen-bond donors (Lipinski definition) is 1. The van der Waals surface area contributed by atoms with Crippen molar-refractivity contribution in [2.24, 2.45) is 0 Å². The summed E-state index contributed by atoms with van der Waals surface area (Å²) in [5, 5.41) is 12.5. The van der Waals surface area contributed by atoms with Gasteiger partial charge in [-0.25, -0.2) is 0 Å². The van der Waals surface area contributed by atoms with Crippen LogP contribution in [0.15, 0.2) is 0 Å². The molecule has 1 N–H and O–H groups in total. The van der Waals surface area contributed by atoms with Gasteiger partial charge in [-0.05, 0) is 33.2 Å². The zero-order valence-corrected chi connectivity index (χ0v) is 11.3. The first kappa shape index (κ1) is 14.4. The number of likely N-dealkylation sites (N-methyl/N-ethyl adjacent to an activating group) is 1. The maximum Gasteiger partial charge on any atom is 0.116 e. The minimum Gasteiger partial charge on any atom is -0.378 e. The Kier molecular flexibility index (Phi) is 5.90. The number of rotatable bonds is 6. The summed E-state index contributed by atoms with van der Waals surface area (Å²) in [5.41, 5.74) is -0.423. The lowest BCUT2D eigenvalue weighted by atomic mass is 10.0. The Morgan fingerprint density at radius 2 is 2.06 bits per heavy atom. The van der Waals surface area contributed by atoms with Crippen molar-refractivity contribution in [2.45, 2.75) is 45.3 Å². The highest BCUT2D eigenvalue weighted by Crippen LogP contribution is 2.16. The van der Waals surface area contributed by atoms with Crippen LogP contribution < -0.4 is 5.32 Å². The summed E-state index contributed by atoms with van der Waals surface area (Å²) in [4.78, 5) is 2.36. The van der Waals surface area contributed by atoms with E-state index in [4.69, 9.17) is 4.74 Å². The number of nitriles is 1. The fourth-order valence-corrected chi connectivity index (χ4v) is 2.44. The molecule has 1 unspecified atom stereocenters. The molecule has 0 radical (unpaired) electrons. The van der Waals surface area contributed by atoms with Crippen LogP contribution in [0.4, 0.5) is 0 Å². The summed E-state index contributed by atoms with van der Waals surface area (Å²) in [6.07, 6.45) is 2.59. The lowest BCUT2D eigenvalue weighted by molar-refractivity contribution is 0.0108. The molecule has 0 aliphatic carbocycles. The van der Waals surface area contributed by atoms with Crippen molar-refractivity contribution in [3.63, 3.8) is 0 Å². The van der Waals surface area contributed by atoms with E-state index in [-0.39, 0.29) is 0 Å². The summed E-state index contributed by atoms with van der Waals surface area (Å²) in [5.74, 6) is 0. The first-order chi connectivity index (χ1) is 8.13. The smallest absolute Gasteiger partial charge is 0.116 e. The third-order valence-corrected chi connectivity index (χ3v) is 3.29. The molecule has 1 atom stereocenters. The second kappa shape index (κ2) is 6.95. The predicted molar refractivity (Wildman–Crippen MR) is 68.8 cm³/mol. The molecule has 98 valence electrons. The van der Waals surface area contributed by atoms with Gasteiger partial charge in [-0.15, -0.1) is 0 Å². The van der Waals surface area contributed by atoms with E-state index < -0.39 is 5.54 Å². The van der Waals surface area contributed by atoms with Crippen molar-refractivity contribution in [1.82, 2.24) is 10.2 Å². The van der Waals surface area contributed by atoms with Crippen molar-refractivity contribution >= 4 is 0 Å². The number of nitrogens with one attached hydrogen (secondary N) is 1. The van der Waals surface area contributed by atoms with Gasteiger partial charge in [-0.2, -0.15) is 5.26 Å². The van der Waals surface area contributed by atoms with Crippen LogP contribution >= 0.6 is 0 Å². The SMILES string of the molecule is CCNC(C)(C#N)CN1CCC(OCC)CC1. The van der Waals surface area contributed by atoms with Gasteiger partial charge in [0.25, 0.3) is 0 Å². The molecule has 1 aliphatic rings. The highest BCUT2D eigenvalue weighted by atomic mass is 16.5. The maximum atomic E-state index is 9.22. The van der Waals surface area contributed by atoms with Crippen LogP contribution in [0, 0.1) is 11.3 Å². The van der Waals surface area contributed by atoms with E-state index in [9.17, 15) is 5.26 Å². The molecule has 4 heteroatoms. The van der Waals surface area contributed by atoms with Crippen molar-refractivity contribution < 1.29 is 4.74 Å².